The van der Waals surface area contributed by atoms with Gasteiger partial charge < -0.3 is 35.4 Å². The lowest BCUT2D eigenvalue weighted by Gasteiger charge is -2.20. The minimum atomic E-state index is -4.45. The predicted molar refractivity (Wildman–Crippen MR) is 203 cm³/mol. The van der Waals surface area contributed by atoms with Crippen molar-refractivity contribution in [2.75, 3.05) is 26.4 Å². The van der Waals surface area contributed by atoms with Gasteiger partial charge in [-0.05, 0) is 25.2 Å². The van der Waals surface area contributed by atoms with Crippen molar-refractivity contribution in [2.24, 2.45) is 17.6 Å². The molecule has 1 rings (SSSR count). The van der Waals surface area contributed by atoms with Crippen molar-refractivity contribution in [1.29, 1.82) is 0 Å². The van der Waals surface area contributed by atoms with E-state index < -0.39 is 50.8 Å². The van der Waals surface area contributed by atoms with Crippen LogP contribution in [0.15, 0.2) is 24.3 Å². The largest absolute Gasteiger partial charge is 0.472 e. The topological polar surface area (TPSA) is 195 Å². The van der Waals surface area contributed by atoms with Crippen LogP contribution in [0.5, 0.6) is 0 Å². The zero-order valence-corrected chi connectivity index (χ0v) is 33.0. The van der Waals surface area contributed by atoms with Gasteiger partial charge in [-0.25, -0.2) is 4.57 Å². The molecule has 7 atom stereocenters. The quantitative estimate of drug-likeness (QED) is 0.0196. The van der Waals surface area contributed by atoms with Gasteiger partial charge in [-0.2, -0.15) is 0 Å². The van der Waals surface area contributed by atoms with Crippen LogP contribution >= 0.6 is 7.82 Å². The number of phosphoric acid groups is 1. The summed E-state index contributed by atoms with van der Waals surface area (Å²) in [7, 11) is -4.45. The second-order valence-electron chi connectivity index (χ2n) is 14.1. The molecule has 13 heteroatoms. The number of unbranched alkanes of at least 4 members (excludes halogenated alkanes) is 14. The lowest BCUT2D eigenvalue weighted by Crippen LogP contribution is -2.29. The van der Waals surface area contributed by atoms with Crippen molar-refractivity contribution in [3.05, 3.63) is 24.3 Å². The smallest absolute Gasteiger partial charge is 0.461 e. The first-order valence-electron chi connectivity index (χ1n) is 20.1. The normalized spacial score (nSPS) is 21.4. The number of ether oxygens (including phenoxy) is 2. The maximum atomic E-state index is 12.6. The summed E-state index contributed by atoms with van der Waals surface area (Å²) in [5, 5.41) is 31.2. The van der Waals surface area contributed by atoms with Gasteiger partial charge in [0.2, 0.25) is 0 Å². The van der Waals surface area contributed by atoms with E-state index in [1.807, 2.05) is 0 Å². The van der Waals surface area contributed by atoms with E-state index in [2.05, 4.69) is 13.8 Å². The third kappa shape index (κ3) is 24.6. The molecule has 0 spiro atoms. The van der Waals surface area contributed by atoms with Gasteiger partial charge in [0.1, 0.15) is 6.61 Å². The first-order valence-corrected chi connectivity index (χ1v) is 21.6. The number of esters is 2. The van der Waals surface area contributed by atoms with Crippen LogP contribution in [-0.2, 0) is 32.7 Å². The first kappa shape index (κ1) is 48.4. The summed E-state index contributed by atoms with van der Waals surface area (Å²) in [4.78, 5) is 35.0. The molecule has 1 fully saturated rings. The fraction of sp³-hybridized carbons (Fsp3) is 0.846. The van der Waals surface area contributed by atoms with E-state index in [1.54, 1.807) is 24.3 Å². The Morgan fingerprint density at radius 1 is 0.808 bits per heavy atom. The molecule has 1 aliphatic carbocycles. The molecule has 0 radical (unpaired) electrons. The van der Waals surface area contributed by atoms with Crippen LogP contribution in [0.4, 0.5) is 0 Å². The Bertz CT molecular complexity index is 1030. The number of aliphatic hydroxyl groups is 3. The minimum absolute atomic E-state index is 0.0104. The standard InChI is InChI=1S/C39H72NO11P/c1-3-5-7-8-9-10-11-12-13-14-15-16-18-24-39(45)51-33(31-50-52(46,47)49-28-27-40)30-48-38(44)23-20-19-22-34-35(37(43)29-36(34)42)26-25-32(41)21-17-6-4-2/h19-20,25-26,32-37,41-43H,3-18,21-24,27-31,40H2,1-2H3,(H,46,47)/b20-19-,26-25+/t32-,33-,34+,35-,36+,37-/m1/s1. The second-order valence-corrected chi connectivity index (χ2v) is 15.6. The van der Waals surface area contributed by atoms with Crippen molar-refractivity contribution in [2.45, 2.75) is 173 Å². The number of carbonyl (C=O) groups is 2. The predicted octanol–water partition coefficient (Wildman–Crippen LogP) is 7.21. The van der Waals surface area contributed by atoms with Crippen LogP contribution in [-0.4, -0.2) is 82.9 Å². The van der Waals surface area contributed by atoms with Gasteiger partial charge in [0.15, 0.2) is 6.10 Å². The van der Waals surface area contributed by atoms with Crippen LogP contribution in [0, 0.1) is 11.8 Å². The van der Waals surface area contributed by atoms with E-state index in [1.165, 1.54) is 57.8 Å². The molecule has 6 N–H and O–H groups in total. The van der Waals surface area contributed by atoms with Crippen LogP contribution in [0.2, 0.25) is 0 Å². The Balaban J connectivity index is 2.50. The molecule has 12 nitrogen and oxygen atoms in total. The van der Waals surface area contributed by atoms with E-state index in [0.717, 1.165) is 38.5 Å². The zero-order chi connectivity index (χ0) is 38.5. The molecule has 0 aromatic rings. The van der Waals surface area contributed by atoms with Crippen molar-refractivity contribution in [3.63, 3.8) is 0 Å². The monoisotopic (exact) mass is 761 g/mol. The van der Waals surface area contributed by atoms with Crippen molar-refractivity contribution in [1.82, 2.24) is 0 Å². The molecule has 0 amide bonds. The van der Waals surface area contributed by atoms with Crippen LogP contribution < -0.4 is 5.73 Å². The molecule has 1 saturated carbocycles. The van der Waals surface area contributed by atoms with Gasteiger partial charge in [0.05, 0.1) is 37.9 Å². The summed E-state index contributed by atoms with van der Waals surface area (Å²) in [6.07, 6.45) is 23.4. The van der Waals surface area contributed by atoms with Crippen molar-refractivity contribution >= 4 is 19.8 Å². The van der Waals surface area contributed by atoms with Crippen molar-refractivity contribution < 1.29 is 52.9 Å². The molecular formula is C39H72NO11P. The molecule has 1 aliphatic rings. The molecule has 0 heterocycles. The van der Waals surface area contributed by atoms with Gasteiger partial charge in [-0.1, -0.05) is 134 Å². The maximum Gasteiger partial charge on any atom is 0.472 e. The van der Waals surface area contributed by atoms with E-state index in [9.17, 15) is 34.4 Å². The van der Waals surface area contributed by atoms with E-state index in [-0.39, 0.29) is 50.9 Å². The number of hydrogen-bond donors (Lipinski definition) is 5. The SMILES string of the molecule is CCCCCCCCCCCCCCCC(=O)O[C@H](COC(=O)C/C=C\C[C@H]1[C@@H](/C=C/[C@H](O)CCCCC)[C@H](O)C[C@@H]1O)COP(=O)(O)OCCN. The number of aliphatic hydroxyl groups excluding tert-OH is 3. The Morgan fingerprint density at radius 2 is 1.40 bits per heavy atom. The van der Waals surface area contributed by atoms with Gasteiger partial charge in [-0.3, -0.25) is 18.6 Å². The summed E-state index contributed by atoms with van der Waals surface area (Å²) in [6.45, 7) is 3.24. The van der Waals surface area contributed by atoms with Crippen molar-refractivity contribution in [3.8, 4) is 0 Å². The number of allylic oxidation sites excluding steroid dienone is 1. The van der Waals surface area contributed by atoms with Crippen LogP contribution in [0.1, 0.15) is 149 Å². The third-order valence-corrected chi connectivity index (χ3v) is 10.4. The summed E-state index contributed by atoms with van der Waals surface area (Å²) >= 11 is 0. The molecule has 0 aliphatic heterocycles. The average molecular weight is 762 g/mol. The summed E-state index contributed by atoms with van der Waals surface area (Å²) < 4.78 is 32.6. The lowest BCUT2D eigenvalue weighted by atomic mass is 9.89. The average Bonchev–Trinajstić information content (AvgIpc) is 3.38. The van der Waals surface area contributed by atoms with E-state index >= 15 is 0 Å². The number of phosphoric ester groups is 1. The highest BCUT2D eigenvalue weighted by molar-refractivity contribution is 7.47. The molecule has 304 valence electrons. The number of rotatable bonds is 33. The molecule has 52 heavy (non-hydrogen) atoms. The molecule has 0 aromatic heterocycles. The molecule has 0 bridgehead atoms. The molecular weight excluding hydrogens is 689 g/mol. The minimum Gasteiger partial charge on any atom is -0.461 e. The van der Waals surface area contributed by atoms with E-state index in [4.69, 9.17) is 24.3 Å². The Kier molecular flexibility index (Phi) is 28.5. The lowest BCUT2D eigenvalue weighted by molar-refractivity contribution is -0.160. The Morgan fingerprint density at radius 3 is 2.02 bits per heavy atom. The highest BCUT2D eigenvalue weighted by Gasteiger charge is 2.39. The third-order valence-electron chi connectivity index (χ3n) is 9.44. The zero-order valence-electron chi connectivity index (χ0n) is 32.1. The van der Waals surface area contributed by atoms with Crippen LogP contribution in [0.25, 0.3) is 0 Å². The Labute approximate surface area is 313 Å². The first-order chi connectivity index (χ1) is 25.0. The van der Waals surface area contributed by atoms with Crippen LogP contribution in [0.3, 0.4) is 0 Å². The second kappa shape index (κ2) is 30.7. The maximum absolute atomic E-state index is 12.6. The number of hydrogen-bond acceptors (Lipinski definition) is 11. The van der Waals surface area contributed by atoms with E-state index in [0.29, 0.717) is 19.3 Å². The summed E-state index contributed by atoms with van der Waals surface area (Å²) in [5.41, 5.74) is 5.33. The highest BCUT2D eigenvalue weighted by Crippen LogP contribution is 2.43. The molecule has 1 unspecified atom stereocenters. The fourth-order valence-corrected chi connectivity index (χ4v) is 7.14. The Hall–Kier alpha value is -1.63. The number of nitrogens with two attached hydrogens (primary N) is 1. The van der Waals surface area contributed by atoms with Gasteiger partial charge in [-0.15, -0.1) is 0 Å². The van der Waals surface area contributed by atoms with Gasteiger partial charge in [0, 0.05) is 25.3 Å². The molecule has 0 aromatic carbocycles. The summed E-state index contributed by atoms with van der Waals surface area (Å²) in [6, 6.07) is 0. The molecule has 0 saturated heterocycles. The highest BCUT2D eigenvalue weighted by atomic mass is 31.2. The fourth-order valence-electron chi connectivity index (χ4n) is 6.37. The van der Waals surface area contributed by atoms with Gasteiger partial charge >= 0.3 is 19.8 Å². The number of carbonyl (C=O) groups excluding carboxylic acids is 2. The van der Waals surface area contributed by atoms with Gasteiger partial charge in [0.25, 0.3) is 0 Å². The summed E-state index contributed by atoms with van der Waals surface area (Å²) in [5.74, 6) is -1.72.